The van der Waals surface area contributed by atoms with Crippen LogP contribution >= 0.6 is 0 Å². The average molecular weight is 307 g/mol. The van der Waals surface area contributed by atoms with E-state index in [2.05, 4.69) is 31.0 Å². The molecule has 0 bridgehead atoms. The topological polar surface area (TPSA) is 78.0 Å². The van der Waals surface area contributed by atoms with Gasteiger partial charge in [-0.05, 0) is 24.3 Å². The molecule has 0 aliphatic rings. The van der Waals surface area contributed by atoms with E-state index < -0.39 is 10.0 Å². The largest absolute Gasteiger partial charge is 0.333 e. The highest BCUT2D eigenvalue weighted by Crippen LogP contribution is 2.21. The highest BCUT2D eigenvalue weighted by atomic mass is 32.2. The molecule has 2 rings (SSSR count). The first kappa shape index (κ1) is 15.7. The molecule has 0 radical (unpaired) electrons. The van der Waals surface area contributed by atoms with Gasteiger partial charge in [0.2, 0.25) is 0 Å². The second kappa shape index (κ2) is 5.99. The normalized spacial score (nSPS) is 12.0. The number of hydrogen-bond donors (Lipinski definition) is 1. The molecule has 0 amide bonds. The molecule has 0 fully saturated rings. The highest BCUT2D eigenvalue weighted by molar-refractivity contribution is 7.89. The summed E-state index contributed by atoms with van der Waals surface area (Å²) in [6, 6.07) is 8.04. The van der Waals surface area contributed by atoms with Gasteiger partial charge in [0.1, 0.15) is 5.82 Å². The molecule has 5 nitrogen and oxygen atoms in total. The fourth-order valence-corrected chi connectivity index (χ4v) is 2.64. The fraction of sp³-hybridized carbons (Fsp3) is 0.400. The SMILES string of the molecule is CC(C)CCc1ccc(-c2nc(S(N)(=O)=O)cn2C)cc1. The molecule has 0 aliphatic heterocycles. The Balaban J connectivity index is 2.25. The predicted octanol–water partition coefficient (Wildman–Crippen LogP) is 2.32. The summed E-state index contributed by atoms with van der Waals surface area (Å²) in [5.74, 6) is 1.27. The van der Waals surface area contributed by atoms with Crippen molar-refractivity contribution in [1.29, 1.82) is 0 Å². The summed E-state index contributed by atoms with van der Waals surface area (Å²) in [4.78, 5) is 4.11. The number of hydrogen-bond acceptors (Lipinski definition) is 3. The molecule has 0 atom stereocenters. The fourth-order valence-electron chi connectivity index (χ4n) is 2.12. The summed E-state index contributed by atoms with van der Waals surface area (Å²) in [7, 11) is -2.02. The van der Waals surface area contributed by atoms with Gasteiger partial charge in [-0.25, -0.2) is 18.5 Å². The molecule has 0 unspecified atom stereocenters. The van der Waals surface area contributed by atoms with Crippen molar-refractivity contribution in [2.75, 3.05) is 0 Å². The molecule has 2 aromatic rings. The van der Waals surface area contributed by atoms with Gasteiger partial charge < -0.3 is 4.57 Å². The lowest BCUT2D eigenvalue weighted by Crippen LogP contribution is -2.12. The molecule has 1 aromatic carbocycles. The maximum atomic E-state index is 11.3. The molecular weight excluding hydrogens is 286 g/mol. The molecule has 21 heavy (non-hydrogen) atoms. The number of primary sulfonamides is 1. The highest BCUT2D eigenvalue weighted by Gasteiger charge is 2.15. The van der Waals surface area contributed by atoms with E-state index in [1.54, 1.807) is 11.6 Å². The van der Waals surface area contributed by atoms with Gasteiger partial charge in [0.15, 0.2) is 5.03 Å². The number of nitrogens with two attached hydrogens (primary N) is 1. The monoisotopic (exact) mass is 307 g/mol. The van der Waals surface area contributed by atoms with E-state index >= 15 is 0 Å². The van der Waals surface area contributed by atoms with E-state index in [0.717, 1.165) is 18.4 Å². The Bertz CT molecular complexity index is 716. The van der Waals surface area contributed by atoms with Crippen molar-refractivity contribution in [3.63, 3.8) is 0 Å². The zero-order chi connectivity index (χ0) is 15.6. The predicted molar refractivity (Wildman–Crippen MR) is 83.2 cm³/mol. The summed E-state index contributed by atoms with van der Waals surface area (Å²) >= 11 is 0. The molecule has 0 saturated carbocycles. The first-order chi connectivity index (χ1) is 9.77. The van der Waals surface area contributed by atoms with Gasteiger partial charge in [0.05, 0.1) is 0 Å². The molecule has 0 aliphatic carbocycles. The van der Waals surface area contributed by atoms with Crippen molar-refractivity contribution < 1.29 is 8.42 Å². The van der Waals surface area contributed by atoms with Gasteiger partial charge >= 0.3 is 0 Å². The third-order valence-electron chi connectivity index (χ3n) is 3.37. The van der Waals surface area contributed by atoms with Crippen LogP contribution in [0.4, 0.5) is 0 Å². The molecule has 2 N–H and O–H groups in total. The van der Waals surface area contributed by atoms with Crippen molar-refractivity contribution in [2.24, 2.45) is 18.1 Å². The third kappa shape index (κ3) is 3.92. The van der Waals surface area contributed by atoms with Crippen LogP contribution < -0.4 is 5.14 Å². The summed E-state index contributed by atoms with van der Waals surface area (Å²) in [5.41, 5.74) is 2.15. The molecule has 0 saturated heterocycles. The maximum Gasteiger partial charge on any atom is 0.257 e. The Morgan fingerprint density at radius 2 is 1.86 bits per heavy atom. The third-order valence-corrected chi connectivity index (χ3v) is 4.15. The van der Waals surface area contributed by atoms with Crippen LogP contribution in [0.1, 0.15) is 25.8 Å². The standard InChI is InChI=1S/C15H21N3O2S/c1-11(2)4-5-12-6-8-13(9-7-12)15-17-14(10-18(15)3)21(16,19)20/h6-11H,4-5H2,1-3H3,(H2,16,19,20). The minimum Gasteiger partial charge on any atom is -0.333 e. The van der Waals surface area contributed by atoms with Crippen LogP contribution in [0.5, 0.6) is 0 Å². The first-order valence-corrected chi connectivity index (χ1v) is 8.47. The van der Waals surface area contributed by atoms with Crippen LogP contribution in [-0.4, -0.2) is 18.0 Å². The van der Waals surface area contributed by atoms with Crippen molar-refractivity contribution in [2.45, 2.75) is 31.7 Å². The van der Waals surface area contributed by atoms with Crippen LogP contribution in [0, 0.1) is 5.92 Å². The summed E-state index contributed by atoms with van der Waals surface area (Å²) in [5, 5.41) is 5.00. The van der Waals surface area contributed by atoms with E-state index in [0.29, 0.717) is 11.7 Å². The summed E-state index contributed by atoms with van der Waals surface area (Å²) in [6.07, 6.45) is 3.62. The van der Waals surface area contributed by atoms with Gasteiger partial charge in [-0.2, -0.15) is 0 Å². The number of aromatic nitrogens is 2. The van der Waals surface area contributed by atoms with Crippen LogP contribution in [0.2, 0.25) is 0 Å². The van der Waals surface area contributed by atoms with Crippen molar-refractivity contribution in [1.82, 2.24) is 9.55 Å². The maximum absolute atomic E-state index is 11.3. The molecule has 114 valence electrons. The minimum absolute atomic E-state index is 0.108. The lowest BCUT2D eigenvalue weighted by molar-refractivity contribution is 0.587. The number of benzene rings is 1. The van der Waals surface area contributed by atoms with Gasteiger partial charge in [0, 0.05) is 18.8 Å². The first-order valence-electron chi connectivity index (χ1n) is 6.93. The van der Waals surface area contributed by atoms with E-state index in [4.69, 9.17) is 5.14 Å². The number of aryl methyl sites for hydroxylation is 2. The zero-order valence-corrected chi connectivity index (χ0v) is 13.4. The van der Waals surface area contributed by atoms with Gasteiger partial charge in [-0.3, -0.25) is 0 Å². The van der Waals surface area contributed by atoms with Gasteiger partial charge in [0.25, 0.3) is 10.0 Å². The van der Waals surface area contributed by atoms with Gasteiger partial charge in [-0.1, -0.05) is 38.1 Å². The summed E-state index contributed by atoms with van der Waals surface area (Å²) in [6.45, 7) is 4.41. The Morgan fingerprint density at radius 3 is 2.33 bits per heavy atom. The Labute approximate surface area is 125 Å². The van der Waals surface area contributed by atoms with E-state index in [-0.39, 0.29) is 5.03 Å². The van der Waals surface area contributed by atoms with Crippen LogP contribution in [0.25, 0.3) is 11.4 Å². The molecule has 6 heteroatoms. The quantitative estimate of drug-likeness (QED) is 0.920. The molecule has 1 heterocycles. The second-order valence-electron chi connectivity index (χ2n) is 5.69. The molecule has 1 aromatic heterocycles. The van der Waals surface area contributed by atoms with Crippen molar-refractivity contribution in [3.8, 4) is 11.4 Å². The summed E-state index contributed by atoms with van der Waals surface area (Å²) < 4.78 is 24.3. The van der Waals surface area contributed by atoms with E-state index in [1.807, 2.05) is 12.1 Å². The lowest BCUT2D eigenvalue weighted by atomic mass is 10.0. The Morgan fingerprint density at radius 1 is 1.24 bits per heavy atom. The van der Waals surface area contributed by atoms with Crippen LogP contribution in [-0.2, 0) is 23.5 Å². The number of imidazole rings is 1. The zero-order valence-electron chi connectivity index (χ0n) is 12.6. The van der Waals surface area contributed by atoms with Crippen LogP contribution in [0.15, 0.2) is 35.5 Å². The minimum atomic E-state index is -3.77. The Kier molecular flexibility index (Phi) is 4.49. The van der Waals surface area contributed by atoms with Crippen molar-refractivity contribution in [3.05, 3.63) is 36.0 Å². The van der Waals surface area contributed by atoms with Gasteiger partial charge in [-0.15, -0.1) is 0 Å². The molecule has 0 spiro atoms. The van der Waals surface area contributed by atoms with Crippen LogP contribution in [0.3, 0.4) is 0 Å². The van der Waals surface area contributed by atoms with E-state index in [1.165, 1.54) is 11.8 Å². The number of sulfonamides is 1. The molecular formula is C15H21N3O2S. The second-order valence-corrected chi connectivity index (χ2v) is 7.20. The Hall–Kier alpha value is -1.66. The number of nitrogens with zero attached hydrogens (tertiary/aromatic N) is 2. The number of rotatable bonds is 5. The van der Waals surface area contributed by atoms with Crippen molar-refractivity contribution >= 4 is 10.0 Å². The smallest absolute Gasteiger partial charge is 0.257 e. The lowest BCUT2D eigenvalue weighted by Gasteiger charge is -2.06. The van der Waals surface area contributed by atoms with E-state index in [9.17, 15) is 8.42 Å². The average Bonchev–Trinajstić information content (AvgIpc) is 2.79.